The number of rotatable bonds is 5. The van der Waals surface area contributed by atoms with Gasteiger partial charge in [0, 0.05) is 23.4 Å². The van der Waals surface area contributed by atoms with Crippen molar-refractivity contribution in [2.45, 2.75) is 13.3 Å². The Morgan fingerprint density at radius 2 is 2.28 bits per heavy atom. The standard InChI is InChI=1S/C12H17N3O2S/c1-8-3-4-9(12(13)15-17)7-10(8)14-11(16)5-6-18-2/h3-4,7,17H,5-6H2,1-2H3,(H2,13,15)(H,14,16). The Morgan fingerprint density at radius 1 is 1.56 bits per heavy atom. The second-order valence-electron chi connectivity index (χ2n) is 3.81. The van der Waals surface area contributed by atoms with E-state index in [1.54, 1.807) is 23.9 Å². The highest BCUT2D eigenvalue weighted by molar-refractivity contribution is 7.98. The van der Waals surface area contributed by atoms with Crippen molar-refractivity contribution in [1.82, 2.24) is 0 Å². The number of hydrogen-bond acceptors (Lipinski definition) is 4. The first-order valence-corrected chi connectivity index (χ1v) is 6.85. The molecule has 0 fully saturated rings. The van der Waals surface area contributed by atoms with Gasteiger partial charge in [-0.05, 0) is 24.8 Å². The molecule has 4 N–H and O–H groups in total. The highest BCUT2D eigenvalue weighted by Gasteiger charge is 2.07. The fourth-order valence-electron chi connectivity index (χ4n) is 1.38. The number of oxime groups is 1. The molecule has 0 aliphatic carbocycles. The summed E-state index contributed by atoms with van der Waals surface area (Å²) in [5, 5.41) is 14.4. The van der Waals surface area contributed by atoms with Crippen LogP contribution < -0.4 is 11.1 Å². The maximum absolute atomic E-state index is 11.6. The van der Waals surface area contributed by atoms with Crippen LogP contribution in [0.2, 0.25) is 0 Å². The first kappa shape index (κ1) is 14.4. The molecule has 18 heavy (non-hydrogen) atoms. The lowest BCUT2D eigenvalue weighted by atomic mass is 10.1. The second kappa shape index (κ2) is 6.90. The van der Waals surface area contributed by atoms with Crippen LogP contribution in [0, 0.1) is 6.92 Å². The van der Waals surface area contributed by atoms with E-state index in [1.807, 2.05) is 19.2 Å². The molecule has 0 bridgehead atoms. The van der Waals surface area contributed by atoms with E-state index in [4.69, 9.17) is 10.9 Å². The van der Waals surface area contributed by atoms with Crippen LogP contribution in [0.15, 0.2) is 23.4 Å². The molecule has 0 saturated heterocycles. The maximum Gasteiger partial charge on any atom is 0.225 e. The molecule has 98 valence electrons. The lowest BCUT2D eigenvalue weighted by Gasteiger charge is -2.10. The normalized spacial score (nSPS) is 11.3. The van der Waals surface area contributed by atoms with E-state index in [1.165, 1.54) is 0 Å². The van der Waals surface area contributed by atoms with Gasteiger partial charge in [0.25, 0.3) is 0 Å². The molecule has 1 rings (SSSR count). The van der Waals surface area contributed by atoms with E-state index in [0.717, 1.165) is 11.3 Å². The van der Waals surface area contributed by atoms with Crippen molar-refractivity contribution in [2.24, 2.45) is 10.9 Å². The van der Waals surface area contributed by atoms with Gasteiger partial charge in [0.1, 0.15) is 0 Å². The highest BCUT2D eigenvalue weighted by Crippen LogP contribution is 2.17. The average Bonchev–Trinajstić information content (AvgIpc) is 2.38. The van der Waals surface area contributed by atoms with E-state index < -0.39 is 0 Å². The summed E-state index contributed by atoms with van der Waals surface area (Å²) in [5.74, 6) is 0.767. The van der Waals surface area contributed by atoms with Crippen molar-refractivity contribution in [3.8, 4) is 0 Å². The van der Waals surface area contributed by atoms with Gasteiger partial charge in [-0.25, -0.2) is 0 Å². The number of nitrogens with one attached hydrogen (secondary N) is 1. The lowest BCUT2D eigenvalue weighted by Crippen LogP contribution is -2.16. The van der Waals surface area contributed by atoms with Crippen molar-refractivity contribution in [2.75, 3.05) is 17.3 Å². The summed E-state index contributed by atoms with van der Waals surface area (Å²) in [6.07, 6.45) is 2.42. The summed E-state index contributed by atoms with van der Waals surface area (Å²) in [5.41, 5.74) is 7.70. The Balaban J connectivity index is 2.84. The van der Waals surface area contributed by atoms with Gasteiger partial charge in [-0.3, -0.25) is 4.79 Å². The zero-order chi connectivity index (χ0) is 13.5. The van der Waals surface area contributed by atoms with Gasteiger partial charge in [0.2, 0.25) is 5.91 Å². The number of carbonyl (C=O) groups excluding carboxylic acids is 1. The molecule has 0 unspecified atom stereocenters. The molecule has 1 amide bonds. The van der Waals surface area contributed by atoms with Crippen LogP contribution in [-0.2, 0) is 4.79 Å². The molecule has 5 nitrogen and oxygen atoms in total. The number of thioether (sulfide) groups is 1. The SMILES string of the molecule is CSCCC(=O)Nc1cc(C(N)=NO)ccc1C. The predicted molar refractivity (Wildman–Crippen MR) is 75.3 cm³/mol. The van der Waals surface area contributed by atoms with E-state index >= 15 is 0 Å². The molecular weight excluding hydrogens is 250 g/mol. The van der Waals surface area contributed by atoms with E-state index in [-0.39, 0.29) is 11.7 Å². The fraction of sp³-hybridized carbons (Fsp3) is 0.333. The summed E-state index contributed by atoms with van der Waals surface area (Å²) in [6.45, 7) is 1.89. The molecule has 0 atom stereocenters. The van der Waals surface area contributed by atoms with Crippen LogP contribution in [0.25, 0.3) is 0 Å². The minimum Gasteiger partial charge on any atom is -0.409 e. The van der Waals surface area contributed by atoms with Crippen molar-refractivity contribution >= 4 is 29.2 Å². The van der Waals surface area contributed by atoms with Crippen LogP contribution in [0.3, 0.4) is 0 Å². The summed E-state index contributed by atoms with van der Waals surface area (Å²) >= 11 is 1.62. The first-order chi connectivity index (χ1) is 8.58. The van der Waals surface area contributed by atoms with Crippen LogP contribution in [-0.4, -0.2) is 29.0 Å². The number of nitrogens with zero attached hydrogens (tertiary/aromatic N) is 1. The van der Waals surface area contributed by atoms with Crippen LogP contribution in [0.1, 0.15) is 17.5 Å². The van der Waals surface area contributed by atoms with E-state index in [0.29, 0.717) is 17.7 Å². The number of anilines is 1. The van der Waals surface area contributed by atoms with Crippen molar-refractivity contribution in [1.29, 1.82) is 0 Å². The van der Waals surface area contributed by atoms with Gasteiger partial charge in [-0.1, -0.05) is 17.3 Å². The topological polar surface area (TPSA) is 87.7 Å². The Morgan fingerprint density at radius 3 is 2.89 bits per heavy atom. The minimum absolute atomic E-state index is 0.0228. The van der Waals surface area contributed by atoms with Crippen LogP contribution >= 0.6 is 11.8 Å². The molecule has 0 radical (unpaired) electrons. The quantitative estimate of drug-likeness (QED) is 0.328. The zero-order valence-electron chi connectivity index (χ0n) is 10.4. The second-order valence-corrected chi connectivity index (χ2v) is 4.79. The summed E-state index contributed by atoms with van der Waals surface area (Å²) in [7, 11) is 0. The third kappa shape index (κ3) is 3.96. The highest BCUT2D eigenvalue weighted by atomic mass is 32.2. The van der Waals surface area contributed by atoms with Crippen molar-refractivity contribution in [3.05, 3.63) is 29.3 Å². The van der Waals surface area contributed by atoms with Gasteiger partial charge in [-0.15, -0.1) is 0 Å². The fourth-order valence-corrected chi connectivity index (χ4v) is 1.77. The molecule has 0 aliphatic rings. The molecule has 1 aromatic carbocycles. The van der Waals surface area contributed by atoms with Gasteiger partial charge in [0.15, 0.2) is 5.84 Å². The van der Waals surface area contributed by atoms with Gasteiger partial charge in [-0.2, -0.15) is 11.8 Å². The van der Waals surface area contributed by atoms with Crippen LogP contribution in [0.5, 0.6) is 0 Å². The molecule has 0 saturated carbocycles. The van der Waals surface area contributed by atoms with Gasteiger partial charge >= 0.3 is 0 Å². The summed E-state index contributed by atoms with van der Waals surface area (Å²) < 4.78 is 0. The number of hydrogen-bond donors (Lipinski definition) is 3. The summed E-state index contributed by atoms with van der Waals surface area (Å²) in [6, 6.07) is 5.25. The van der Waals surface area contributed by atoms with Crippen molar-refractivity contribution in [3.63, 3.8) is 0 Å². The number of benzene rings is 1. The van der Waals surface area contributed by atoms with Crippen LogP contribution in [0.4, 0.5) is 5.69 Å². The third-order valence-electron chi connectivity index (χ3n) is 2.45. The average molecular weight is 267 g/mol. The molecule has 0 aromatic heterocycles. The number of nitrogens with two attached hydrogens (primary N) is 1. The smallest absolute Gasteiger partial charge is 0.225 e. The maximum atomic E-state index is 11.6. The molecule has 0 spiro atoms. The monoisotopic (exact) mass is 267 g/mol. The van der Waals surface area contributed by atoms with E-state index in [9.17, 15) is 4.79 Å². The van der Waals surface area contributed by atoms with Gasteiger partial charge in [0.05, 0.1) is 0 Å². The van der Waals surface area contributed by atoms with E-state index in [2.05, 4.69) is 10.5 Å². The Labute approximate surface area is 110 Å². The predicted octanol–water partition coefficient (Wildman–Crippen LogP) is 1.78. The number of aryl methyl sites for hydroxylation is 1. The van der Waals surface area contributed by atoms with Crippen molar-refractivity contribution < 1.29 is 10.0 Å². The van der Waals surface area contributed by atoms with Gasteiger partial charge < -0.3 is 16.3 Å². The number of amides is 1. The Hall–Kier alpha value is -1.69. The molecule has 0 heterocycles. The number of carbonyl (C=O) groups is 1. The number of amidine groups is 1. The minimum atomic E-state index is -0.0379. The first-order valence-electron chi connectivity index (χ1n) is 5.45. The molecule has 1 aromatic rings. The zero-order valence-corrected chi connectivity index (χ0v) is 11.3. The lowest BCUT2D eigenvalue weighted by molar-refractivity contribution is -0.115. The third-order valence-corrected chi connectivity index (χ3v) is 3.06. The summed E-state index contributed by atoms with van der Waals surface area (Å²) in [4.78, 5) is 11.6. The molecule has 0 aliphatic heterocycles. The Bertz CT molecular complexity index is 461. The largest absolute Gasteiger partial charge is 0.409 e. The molecular formula is C12H17N3O2S. The Kier molecular flexibility index (Phi) is 5.51. The molecule has 6 heteroatoms.